The predicted octanol–water partition coefficient (Wildman–Crippen LogP) is 4.10. The van der Waals surface area contributed by atoms with E-state index in [-0.39, 0.29) is 5.60 Å². The summed E-state index contributed by atoms with van der Waals surface area (Å²) in [6, 6.07) is 18.6. The van der Waals surface area contributed by atoms with Crippen molar-refractivity contribution in [3.05, 3.63) is 71.8 Å². The highest BCUT2D eigenvalue weighted by Crippen LogP contribution is 2.34. The minimum atomic E-state index is -0.237. The SMILES string of the molecule is Cc1ccc(C2=CC3(CCN(C(=S)Nc4ccccc4)CC3)ON2)cc1. The van der Waals surface area contributed by atoms with Crippen molar-refractivity contribution in [2.45, 2.75) is 25.4 Å². The number of hydrogen-bond acceptors (Lipinski definition) is 3. The molecule has 0 radical (unpaired) electrons. The second-order valence-corrected chi connectivity index (χ2v) is 7.36. The summed E-state index contributed by atoms with van der Waals surface area (Å²) in [4.78, 5) is 8.21. The average molecular weight is 366 g/mol. The molecule has 134 valence electrons. The molecule has 0 unspecified atom stereocenters. The minimum Gasteiger partial charge on any atom is -0.349 e. The first-order chi connectivity index (χ1) is 12.6. The highest BCUT2D eigenvalue weighted by atomic mass is 32.1. The molecule has 0 aliphatic carbocycles. The molecule has 2 aromatic rings. The van der Waals surface area contributed by atoms with Gasteiger partial charge in [-0.1, -0.05) is 48.0 Å². The van der Waals surface area contributed by atoms with Crippen LogP contribution in [0.2, 0.25) is 0 Å². The van der Waals surface area contributed by atoms with Crippen LogP contribution in [0.4, 0.5) is 5.69 Å². The van der Waals surface area contributed by atoms with Gasteiger partial charge < -0.3 is 10.2 Å². The Bertz CT molecular complexity index is 809. The molecule has 2 aliphatic rings. The van der Waals surface area contributed by atoms with Crippen LogP contribution in [0.1, 0.15) is 24.0 Å². The summed E-state index contributed by atoms with van der Waals surface area (Å²) in [6.45, 7) is 3.84. The second-order valence-electron chi connectivity index (χ2n) is 6.98. The van der Waals surface area contributed by atoms with E-state index >= 15 is 0 Å². The maximum absolute atomic E-state index is 5.99. The van der Waals surface area contributed by atoms with Gasteiger partial charge in [0.2, 0.25) is 0 Å². The van der Waals surface area contributed by atoms with Gasteiger partial charge in [0.25, 0.3) is 0 Å². The minimum absolute atomic E-state index is 0.237. The number of rotatable bonds is 2. The van der Waals surface area contributed by atoms with Crippen LogP contribution in [-0.2, 0) is 4.84 Å². The van der Waals surface area contributed by atoms with Gasteiger partial charge in [-0.25, -0.2) is 0 Å². The number of benzene rings is 2. The number of anilines is 1. The molecular formula is C21H23N3OS. The molecule has 1 saturated heterocycles. The van der Waals surface area contributed by atoms with E-state index in [0.29, 0.717) is 0 Å². The van der Waals surface area contributed by atoms with Crippen LogP contribution in [-0.4, -0.2) is 28.7 Å². The molecule has 2 aromatic carbocycles. The van der Waals surface area contributed by atoms with E-state index in [1.54, 1.807) is 0 Å². The zero-order valence-electron chi connectivity index (χ0n) is 14.9. The van der Waals surface area contributed by atoms with E-state index < -0.39 is 0 Å². The molecule has 26 heavy (non-hydrogen) atoms. The highest BCUT2D eigenvalue weighted by Gasteiger charge is 2.39. The largest absolute Gasteiger partial charge is 0.349 e. The summed E-state index contributed by atoms with van der Waals surface area (Å²) in [5, 5.41) is 4.09. The Labute approximate surface area is 159 Å². The lowest BCUT2D eigenvalue weighted by Crippen LogP contribution is -2.48. The van der Waals surface area contributed by atoms with Gasteiger partial charge in [0.05, 0.1) is 5.70 Å². The molecule has 2 N–H and O–H groups in total. The quantitative estimate of drug-likeness (QED) is 0.784. The van der Waals surface area contributed by atoms with Crippen LogP contribution in [0.25, 0.3) is 5.70 Å². The average Bonchev–Trinajstić information content (AvgIpc) is 3.07. The third-order valence-corrected chi connectivity index (χ3v) is 5.42. The molecular weight excluding hydrogens is 342 g/mol. The lowest BCUT2D eigenvalue weighted by molar-refractivity contribution is -0.0615. The number of hydrogen-bond donors (Lipinski definition) is 2. The molecule has 4 rings (SSSR count). The van der Waals surface area contributed by atoms with Crippen molar-refractivity contribution in [2.75, 3.05) is 18.4 Å². The molecule has 0 bridgehead atoms. The number of nitrogens with one attached hydrogen (secondary N) is 2. The van der Waals surface area contributed by atoms with Gasteiger partial charge in [-0.05, 0) is 42.9 Å². The zero-order chi connectivity index (χ0) is 18.0. The number of likely N-dealkylation sites (tertiary alicyclic amines) is 1. The number of para-hydroxylation sites is 1. The Balaban J connectivity index is 1.38. The molecule has 0 atom stereocenters. The van der Waals surface area contributed by atoms with Gasteiger partial charge in [-0.3, -0.25) is 10.3 Å². The monoisotopic (exact) mass is 365 g/mol. The van der Waals surface area contributed by atoms with E-state index in [1.807, 2.05) is 30.3 Å². The maximum atomic E-state index is 5.99. The summed E-state index contributed by atoms with van der Waals surface area (Å²) >= 11 is 5.57. The number of nitrogens with zero attached hydrogens (tertiary/aromatic N) is 1. The summed E-state index contributed by atoms with van der Waals surface area (Å²) in [5.74, 6) is 0. The Kier molecular flexibility index (Phi) is 4.66. The molecule has 1 fully saturated rings. The van der Waals surface area contributed by atoms with Crippen molar-refractivity contribution in [1.82, 2.24) is 10.4 Å². The van der Waals surface area contributed by atoms with Crippen LogP contribution in [0, 0.1) is 6.92 Å². The van der Waals surface area contributed by atoms with E-state index in [9.17, 15) is 0 Å². The van der Waals surface area contributed by atoms with Crippen molar-refractivity contribution >= 4 is 28.7 Å². The van der Waals surface area contributed by atoms with Gasteiger partial charge in [0.1, 0.15) is 5.60 Å². The maximum Gasteiger partial charge on any atom is 0.173 e. The van der Waals surface area contributed by atoms with Crippen LogP contribution < -0.4 is 10.8 Å². The molecule has 4 nitrogen and oxygen atoms in total. The fraction of sp³-hybridized carbons (Fsp3) is 0.286. The van der Waals surface area contributed by atoms with Crippen molar-refractivity contribution in [1.29, 1.82) is 0 Å². The molecule has 0 amide bonds. The Hall–Kier alpha value is -2.37. The van der Waals surface area contributed by atoms with Gasteiger partial charge in [-0.2, -0.15) is 0 Å². The van der Waals surface area contributed by atoms with E-state index in [1.165, 1.54) is 5.56 Å². The molecule has 0 saturated carbocycles. The van der Waals surface area contributed by atoms with Gasteiger partial charge in [0.15, 0.2) is 5.11 Å². The zero-order valence-corrected chi connectivity index (χ0v) is 15.7. The van der Waals surface area contributed by atoms with Gasteiger partial charge >= 0.3 is 0 Å². The molecule has 2 heterocycles. The summed E-state index contributed by atoms with van der Waals surface area (Å²) < 4.78 is 0. The van der Waals surface area contributed by atoms with Gasteiger partial charge in [0, 0.05) is 31.6 Å². The standard InChI is InChI=1S/C21H23N3OS/c1-16-7-9-17(10-8-16)19-15-21(25-23-19)11-13-24(14-12-21)20(26)22-18-5-3-2-4-6-18/h2-10,15,23H,11-14H2,1H3,(H,22,26). The number of thiocarbonyl (C=S) groups is 1. The topological polar surface area (TPSA) is 36.5 Å². The van der Waals surface area contributed by atoms with Crippen molar-refractivity contribution in [3.8, 4) is 0 Å². The van der Waals surface area contributed by atoms with Crippen LogP contribution in [0.5, 0.6) is 0 Å². The lowest BCUT2D eigenvalue weighted by Gasteiger charge is -2.37. The van der Waals surface area contributed by atoms with Crippen molar-refractivity contribution < 1.29 is 4.84 Å². The van der Waals surface area contributed by atoms with E-state index in [4.69, 9.17) is 17.1 Å². The number of piperidine rings is 1. The number of aryl methyl sites for hydroxylation is 1. The molecule has 5 heteroatoms. The first kappa shape index (κ1) is 17.1. The van der Waals surface area contributed by atoms with E-state index in [0.717, 1.165) is 48.0 Å². The smallest absolute Gasteiger partial charge is 0.173 e. The van der Waals surface area contributed by atoms with Crippen molar-refractivity contribution in [2.24, 2.45) is 0 Å². The highest BCUT2D eigenvalue weighted by molar-refractivity contribution is 7.80. The first-order valence-corrected chi connectivity index (χ1v) is 9.39. The predicted molar refractivity (Wildman–Crippen MR) is 110 cm³/mol. The van der Waals surface area contributed by atoms with Crippen LogP contribution in [0.3, 0.4) is 0 Å². The Morgan fingerprint density at radius 1 is 1.08 bits per heavy atom. The van der Waals surface area contributed by atoms with Gasteiger partial charge in [-0.15, -0.1) is 0 Å². The number of hydroxylamine groups is 1. The molecule has 1 spiro atoms. The summed E-state index contributed by atoms with van der Waals surface area (Å²) in [6.07, 6.45) is 4.06. The third-order valence-electron chi connectivity index (χ3n) is 5.06. The second kappa shape index (κ2) is 7.09. The van der Waals surface area contributed by atoms with Crippen LogP contribution >= 0.6 is 12.2 Å². The fourth-order valence-electron chi connectivity index (χ4n) is 3.41. The summed E-state index contributed by atoms with van der Waals surface area (Å²) in [5.41, 5.74) is 7.40. The first-order valence-electron chi connectivity index (χ1n) is 8.98. The van der Waals surface area contributed by atoms with E-state index in [2.05, 4.69) is 53.0 Å². The van der Waals surface area contributed by atoms with Crippen molar-refractivity contribution in [3.63, 3.8) is 0 Å². The fourth-order valence-corrected chi connectivity index (χ4v) is 3.71. The Morgan fingerprint density at radius 2 is 1.77 bits per heavy atom. The Morgan fingerprint density at radius 3 is 2.46 bits per heavy atom. The third kappa shape index (κ3) is 3.59. The molecule has 0 aromatic heterocycles. The lowest BCUT2D eigenvalue weighted by atomic mass is 9.90. The molecule has 2 aliphatic heterocycles. The normalized spacial score (nSPS) is 18.3. The summed E-state index contributed by atoms with van der Waals surface area (Å²) in [7, 11) is 0. The van der Waals surface area contributed by atoms with Crippen LogP contribution in [0.15, 0.2) is 60.7 Å².